The molecule has 2 aliphatic rings. The van der Waals surface area contributed by atoms with Gasteiger partial charge in [0, 0.05) is 16.9 Å². The van der Waals surface area contributed by atoms with Gasteiger partial charge in [0.05, 0.1) is 17.0 Å². The molecule has 8 rings (SSSR count). The second kappa shape index (κ2) is 7.68. The minimum Gasteiger partial charge on any atom is -0.355 e. The van der Waals surface area contributed by atoms with Crippen molar-refractivity contribution in [3.63, 3.8) is 0 Å². The fourth-order valence-electron chi connectivity index (χ4n) is 6.77. The molecule has 2 nitrogen and oxygen atoms in total. The van der Waals surface area contributed by atoms with E-state index in [1.807, 2.05) is 24.3 Å². The molecule has 6 aromatic rings. The van der Waals surface area contributed by atoms with Gasteiger partial charge in [0.1, 0.15) is 0 Å². The van der Waals surface area contributed by atoms with E-state index in [4.69, 9.17) is 0 Å². The SMILES string of the molecule is N#Cc1ccc(Nc2cccc3c2C2(c4ccccc4-c4cc5ccccc5cc42)c2ccccc2-3)cc1. The van der Waals surface area contributed by atoms with Crippen molar-refractivity contribution < 1.29 is 0 Å². The average Bonchev–Trinajstić information content (AvgIpc) is 3.44. The van der Waals surface area contributed by atoms with E-state index in [0.29, 0.717) is 5.56 Å². The molecule has 6 aromatic carbocycles. The highest BCUT2D eigenvalue weighted by molar-refractivity contribution is 6.01. The summed E-state index contributed by atoms with van der Waals surface area (Å²) in [5, 5.41) is 15.5. The third-order valence-electron chi connectivity index (χ3n) is 8.26. The lowest BCUT2D eigenvalue weighted by Crippen LogP contribution is -2.26. The van der Waals surface area contributed by atoms with E-state index in [9.17, 15) is 5.26 Å². The second-order valence-corrected chi connectivity index (χ2v) is 10.1. The molecule has 2 aliphatic carbocycles. The van der Waals surface area contributed by atoms with Crippen molar-refractivity contribution in [3.05, 3.63) is 155 Å². The summed E-state index contributed by atoms with van der Waals surface area (Å²) in [6.45, 7) is 0. The summed E-state index contributed by atoms with van der Waals surface area (Å²) in [7, 11) is 0. The highest BCUT2D eigenvalue weighted by Crippen LogP contribution is 2.64. The summed E-state index contributed by atoms with van der Waals surface area (Å²) in [5.41, 5.74) is 12.7. The van der Waals surface area contributed by atoms with Crippen LogP contribution in [0.4, 0.5) is 11.4 Å². The summed E-state index contributed by atoms with van der Waals surface area (Å²) in [6.07, 6.45) is 0. The molecule has 2 heteroatoms. The van der Waals surface area contributed by atoms with Gasteiger partial charge in [-0.3, -0.25) is 0 Å². The lowest BCUT2D eigenvalue weighted by Gasteiger charge is -2.32. The Kier molecular flexibility index (Phi) is 4.25. The lowest BCUT2D eigenvalue weighted by molar-refractivity contribution is 0.797. The van der Waals surface area contributed by atoms with Crippen LogP contribution >= 0.6 is 0 Å². The Morgan fingerprint density at radius 2 is 1.13 bits per heavy atom. The molecule has 0 aromatic heterocycles. The molecule has 0 heterocycles. The molecule has 1 unspecified atom stereocenters. The normalized spacial score (nSPS) is 16.0. The van der Waals surface area contributed by atoms with E-state index in [2.05, 4.69) is 115 Å². The minimum atomic E-state index is -0.432. The topological polar surface area (TPSA) is 35.8 Å². The lowest BCUT2D eigenvalue weighted by atomic mass is 9.70. The van der Waals surface area contributed by atoms with Crippen LogP contribution < -0.4 is 5.32 Å². The van der Waals surface area contributed by atoms with Gasteiger partial charge in [-0.05, 0) is 92.2 Å². The van der Waals surface area contributed by atoms with Gasteiger partial charge < -0.3 is 5.32 Å². The largest absolute Gasteiger partial charge is 0.355 e. The zero-order valence-corrected chi connectivity index (χ0v) is 20.6. The highest BCUT2D eigenvalue weighted by Gasteiger charge is 2.52. The Balaban J connectivity index is 1.49. The van der Waals surface area contributed by atoms with Gasteiger partial charge in [-0.1, -0.05) is 84.9 Å². The number of rotatable bonds is 2. The van der Waals surface area contributed by atoms with E-state index in [-0.39, 0.29) is 0 Å². The van der Waals surface area contributed by atoms with Gasteiger partial charge in [-0.15, -0.1) is 0 Å². The Morgan fingerprint density at radius 3 is 1.84 bits per heavy atom. The first-order chi connectivity index (χ1) is 18.8. The standard InChI is InChI=1S/C36H22N2/c37-22-23-16-18-26(19-17-23)38-34-15-7-12-29-27-10-3-5-13-31(27)36(35(29)34)32-14-6-4-11-28(32)30-20-24-8-1-2-9-25(24)21-33(30)36/h1-21,38H. The van der Waals surface area contributed by atoms with Crippen LogP contribution in [0.5, 0.6) is 0 Å². The zero-order valence-electron chi connectivity index (χ0n) is 20.6. The Morgan fingerprint density at radius 1 is 0.526 bits per heavy atom. The van der Waals surface area contributed by atoms with Gasteiger partial charge in [0.2, 0.25) is 0 Å². The van der Waals surface area contributed by atoms with Crippen molar-refractivity contribution in [2.45, 2.75) is 5.41 Å². The fourth-order valence-corrected chi connectivity index (χ4v) is 6.77. The molecule has 176 valence electrons. The van der Waals surface area contributed by atoms with Crippen molar-refractivity contribution in [2.24, 2.45) is 0 Å². The molecule has 38 heavy (non-hydrogen) atoms. The summed E-state index contributed by atoms with van der Waals surface area (Å²) in [5.74, 6) is 0. The summed E-state index contributed by atoms with van der Waals surface area (Å²) in [4.78, 5) is 0. The maximum absolute atomic E-state index is 9.28. The Hall–Kier alpha value is -5.13. The molecule has 1 spiro atoms. The van der Waals surface area contributed by atoms with E-state index in [0.717, 1.165) is 11.4 Å². The van der Waals surface area contributed by atoms with Crippen molar-refractivity contribution in [1.29, 1.82) is 5.26 Å². The predicted molar refractivity (Wildman–Crippen MR) is 155 cm³/mol. The smallest absolute Gasteiger partial charge is 0.0991 e. The van der Waals surface area contributed by atoms with Crippen LogP contribution in [-0.4, -0.2) is 0 Å². The molecular weight excluding hydrogens is 460 g/mol. The number of nitrogens with one attached hydrogen (secondary N) is 1. The first kappa shape index (κ1) is 21.0. The third-order valence-corrected chi connectivity index (χ3v) is 8.26. The monoisotopic (exact) mass is 482 g/mol. The van der Waals surface area contributed by atoms with E-state index < -0.39 is 5.41 Å². The molecule has 0 radical (unpaired) electrons. The summed E-state index contributed by atoms with van der Waals surface area (Å²) < 4.78 is 0. The first-order valence-corrected chi connectivity index (χ1v) is 12.9. The van der Waals surface area contributed by atoms with E-state index in [1.54, 1.807) is 0 Å². The van der Waals surface area contributed by atoms with Crippen molar-refractivity contribution in [2.75, 3.05) is 5.32 Å². The number of hydrogen-bond acceptors (Lipinski definition) is 2. The van der Waals surface area contributed by atoms with Gasteiger partial charge in [0.15, 0.2) is 0 Å². The summed E-state index contributed by atoms with van der Waals surface area (Å²) in [6, 6.07) is 47.7. The van der Waals surface area contributed by atoms with Crippen LogP contribution in [-0.2, 0) is 5.41 Å². The van der Waals surface area contributed by atoms with Gasteiger partial charge in [-0.2, -0.15) is 5.26 Å². The van der Waals surface area contributed by atoms with Gasteiger partial charge in [-0.25, -0.2) is 0 Å². The summed E-state index contributed by atoms with van der Waals surface area (Å²) >= 11 is 0. The van der Waals surface area contributed by atoms with Crippen LogP contribution in [0.25, 0.3) is 33.0 Å². The molecule has 0 fully saturated rings. The molecule has 0 bridgehead atoms. The molecule has 0 saturated carbocycles. The maximum Gasteiger partial charge on any atom is 0.0991 e. The average molecular weight is 483 g/mol. The van der Waals surface area contributed by atoms with Crippen LogP contribution in [0.2, 0.25) is 0 Å². The second-order valence-electron chi connectivity index (χ2n) is 10.1. The number of anilines is 2. The molecule has 0 amide bonds. The third kappa shape index (κ3) is 2.65. The van der Waals surface area contributed by atoms with E-state index in [1.165, 1.54) is 55.3 Å². The quantitative estimate of drug-likeness (QED) is 0.267. The van der Waals surface area contributed by atoms with Gasteiger partial charge in [0.25, 0.3) is 0 Å². The minimum absolute atomic E-state index is 0.432. The number of nitriles is 1. The number of hydrogen-bond donors (Lipinski definition) is 1. The molecule has 0 aliphatic heterocycles. The molecule has 1 N–H and O–H groups in total. The molecular formula is C36H22N2. The first-order valence-electron chi connectivity index (χ1n) is 12.9. The highest BCUT2D eigenvalue weighted by atomic mass is 14.9. The van der Waals surface area contributed by atoms with Crippen LogP contribution in [0, 0.1) is 11.3 Å². The van der Waals surface area contributed by atoms with Crippen molar-refractivity contribution in [3.8, 4) is 28.3 Å². The Bertz CT molecular complexity index is 1960. The van der Waals surface area contributed by atoms with Crippen LogP contribution in [0.15, 0.2) is 127 Å². The van der Waals surface area contributed by atoms with Crippen molar-refractivity contribution >= 4 is 22.1 Å². The number of nitrogens with zero attached hydrogens (tertiary/aromatic N) is 1. The fraction of sp³-hybridized carbons (Fsp3) is 0.0278. The molecule has 0 saturated heterocycles. The van der Waals surface area contributed by atoms with Gasteiger partial charge >= 0.3 is 0 Å². The zero-order chi connectivity index (χ0) is 25.3. The van der Waals surface area contributed by atoms with Crippen LogP contribution in [0.1, 0.15) is 27.8 Å². The van der Waals surface area contributed by atoms with Crippen LogP contribution in [0.3, 0.4) is 0 Å². The number of benzene rings is 6. The van der Waals surface area contributed by atoms with E-state index >= 15 is 0 Å². The number of fused-ring (bicyclic) bond motifs is 11. The maximum atomic E-state index is 9.28. The van der Waals surface area contributed by atoms with Crippen molar-refractivity contribution in [1.82, 2.24) is 0 Å². The predicted octanol–water partition coefficient (Wildman–Crippen LogP) is 8.80. The Labute approximate surface area is 221 Å². The molecule has 1 atom stereocenters.